The molecular formula is C35H50N8O7S. The third-order valence-corrected chi connectivity index (χ3v) is 13.6. The monoisotopic (exact) mass is 726 g/mol. The molecule has 1 aromatic rings. The third-order valence-electron chi connectivity index (χ3n) is 12.5. The molecule has 1 aliphatic heterocycles. The summed E-state index contributed by atoms with van der Waals surface area (Å²) in [7, 11) is -4.15. The van der Waals surface area contributed by atoms with Crippen molar-refractivity contribution in [2.75, 3.05) is 6.54 Å². The van der Waals surface area contributed by atoms with Crippen molar-refractivity contribution in [2.45, 2.75) is 116 Å². The first-order chi connectivity index (χ1) is 23.7. The van der Waals surface area contributed by atoms with E-state index in [9.17, 15) is 32.4 Å². The Hall–Kier alpha value is -3.92. The van der Waals surface area contributed by atoms with Crippen LogP contribution >= 0.6 is 0 Å². The Bertz CT molecular complexity index is 1750. The summed E-state index contributed by atoms with van der Waals surface area (Å²) >= 11 is 0. The van der Waals surface area contributed by atoms with Gasteiger partial charge in [-0.25, -0.2) is 9.71 Å². The van der Waals surface area contributed by atoms with Crippen LogP contribution in [0.5, 0.6) is 0 Å². The number of fused-ring (bicyclic) bond motifs is 1. The van der Waals surface area contributed by atoms with Crippen molar-refractivity contribution >= 4 is 39.7 Å². The molecule has 0 bridgehead atoms. The van der Waals surface area contributed by atoms with Gasteiger partial charge in [0, 0.05) is 36.3 Å². The number of hydrogen-bond acceptors (Lipinski definition) is 9. The second-order valence-corrected chi connectivity index (χ2v) is 18.2. The molecule has 1 aromatic heterocycles. The Morgan fingerprint density at radius 1 is 1.04 bits per heavy atom. The van der Waals surface area contributed by atoms with E-state index in [1.54, 1.807) is 4.90 Å². The van der Waals surface area contributed by atoms with Gasteiger partial charge in [0.2, 0.25) is 17.7 Å². The van der Waals surface area contributed by atoms with E-state index in [2.05, 4.69) is 55.8 Å². The lowest BCUT2D eigenvalue weighted by atomic mass is 9.73. The minimum atomic E-state index is -4.15. The van der Waals surface area contributed by atoms with Crippen LogP contribution in [0, 0.1) is 27.6 Å². The molecule has 5 amide bonds. The topological polar surface area (TPSA) is 209 Å². The number of aromatic nitrogens is 2. The van der Waals surface area contributed by atoms with Gasteiger partial charge in [-0.2, -0.15) is 13.1 Å². The maximum Gasteiger partial charge on any atom is 0.301 e. The maximum absolute atomic E-state index is 14.7. The van der Waals surface area contributed by atoms with E-state index in [0.717, 1.165) is 19.3 Å². The zero-order chi connectivity index (χ0) is 37.4. The molecule has 0 unspecified atom stereocenters. The number of carbonyl (C=O) groups excluding carboxylic acids is 5. The molecule has 6 rings (SSSR count). The Labute approximate surface area is 299 Å². The molecule has 1 saturated heterocycles. The van der Waals surface area contributed by atoms with Crippen molar-refractivity contribution in [3.8, 4) is 0 Å². The Morgan fingerprint density at radius 2 is 1.73 bits per heavy atom. The second kappa shape index (κ2) is 12.3. The van der Waals surface area contributed by atoms with Gasteiger partial charge in [0.25, 0.3) is 11.8 Å². The van der Waals surface area contributed by atoms with Gasteiger partial charge < -0.3 is 20.9 Å². The lowest BCUT2D eigenvalue weighted by Gasteiger charge is -2.36. The average molecular weight is 727 g/mol. The van der Waals surface area contributed by atoms with Crippen molar-refractivity contribution < 1.29 is 32.4 Å². The van der Waals surface area contributed by atoms with Crippen LogP contribution in [0.4, 0.5) is 0 Å². The highest BCUT2D eigenvalue weighted by atomic mass is 32.2. The van der Waals surface area contributed by atoms with Gasteiger partial charge in [0.05, 0.1) is 6.20 Å². The highest BCUT2D eigenvalue weighted by Gasteiger charge is 2.85. The first kappa shape index (κ1) is 36.9. The first-order valence-corrected chi connectivity index (χ1v) is 19.2. The van der Waals surface area contributed by atoms with Gasteiger partial charge in [-0.15, -0.1) is 6.58 Å². The number of rotatable bonds is 12. The Balaban J connectivity index is 1.24. The fourth-order valence-electron chi connectivity index (χ4n) is 8.90. The SMILES string of the molecule is C=C[C@@H]1C[C@]1(NC(=O)[C@@H]1C[C@@]2(CN1C(=O)[C@@H](NC(=O)[C@H](C)NC(=O)c1cnccn1)C(C)(C)C)C(C)(C)C21CCC1)C(=O)NS(=O)(=O)NC1CC1. The smallest absolute Gasteiger partial charge is 0.301 e. The van der Waals surface area contributed by atoms with E-state index in [1.807, 2.05) is 20.8 Å². The summed E-state index contributed by atoms with van der Waals surface area (Å²) in [6.07, 6.45) is 10.5. The van der Waals surface area contributed by atoms with Gasteiger partial charge in [-0.1, -0.05) is 47.1 Å². The minimum Gasteiger partial charge on any atom is -0.342 e. The van der Waals surface area contributed by atoms with Crippen LogP contribution in [0.1, 0.15) is 97.0 Å². The first-order valence-electron chi connectivity index (χ1n) is 17.7. The van der Waals surface area contributed by atoms with E-state index in [4.69, 9.17) is 0 Å². The number of amides is 5. The number of likely N-dealkylation sites (tertiary alicyclic amines) is 1. The largest absolute Gasteiger partial charge is 0.342 e. The molecule has 15 nitrogen and oxygen atoms in total. The highest BCUT2D eigenvalue weighted by molar-refractivity contribution is 7.88. The van der Waals surface area contributed by atoms with Gasteiger partial charge in [0.15, 0.2) is 0 Å². The summed E-state index contributed by atoms with van der Waals surface area (Å²) in [5.74, 6) is -3.58. The fourth-order valence-corrected chi connectivity index (χ4v) is 10.1. The summed E-state index contributed by atoms with van der Waals surface area (Å²) in [4.78, 5) is 78.2. The molecule has 4 aliphatic carbocycles. The van der Waals surface area contributed by atoms with Crippen molar-refractivity contribution in [1.82, 2.24) is 40.3 Å². The molecule has 5 fully saturated rings. The molecule has 0 radical (unpaired) electrons. The molecule has 6 atom stereocenters. The number of carbonyl (C=O) groups is 5. The minimum absolute atomic E-state index is 0.0337. The molecule has 5 aliphatic rings. The van der Waals surface area contributed by atoms with Crippen LogP contribution < -0.4 is 25.4 Å². The Kier molecular flexibility index (Phi) is 8.92. The molecule has 2 spiro atoms. The van der Waals surface area contributed by atoms with E-state index in [-0.39, 0.29) is 34.4 Å². The molecule has 5 N–H and O–H groups in total. The Morgan fingerprint density at radius 3 is 2.24 bits per heavy atom. The predicted molar refractivity (Wildman–Crippen MR) is 185 cm³/mol. The van der Waals surface area contributed by atoms with Crippen molar-refractivity contribution in [2.24, 2.45) is 27.6 Å². The number of nitrogens with one attached hydrogen (secondary N) is 5. The number of hydrogen-bond donors (Lipinski definition) is 5. The van der Waals surface area contributed by atoms with Crippen LogP contribution in [0.25, 0.3) is 0 Å². The van der Waals surface area contributed by atoms with E-state index < -0.39 is 74.7 Å². The molecular weight excluding hydrogens is 677 g/mol. The molecule has 4 saturated carbocycles. The normalized spacial score (nSPS) is 29.6. The molecule has 16 heteroatoms. The van der Waals surface area contributed by atoms with E-state index in [0.29, 0.717) is 25.8 Å². The standard InChI is InChI=1S/C35H50N8O7S/c1-8-21-16-35(21,30(48)42-51(49,50)41-22-10-11-22)40-28(46)24-17-34(32(6,7)33(34)12-9-13-33)19-43(24)29(47)25(31(3,4)5)39-26(44)20(2)38-27(45)23-18-36-14-15-37-23/h8,14-15,18,20-22,24-25,41H,1,9-13,16-17,19H2,2-7H3,(H,38,45)(H,39,44)(H,40,46)(H,42,48)/t20-,21+,24-,25+,34+,35+/m0/s1. The van der Waals surface area contributed by atoms with Crippen LogP contribution in [-0.2, 0) is 29.4 Å². The zero-order valence-electron chi connectivity index (χ0n) is 30.2. The van der Waals surface area contributed by atoms with Crippen molar-refractivity contribution in [1.29, 1.82) is 0 Å². The van der Waals surface area contributed by atoms with Gasteiger partial charge >= 0.3 is 10.2 Å². The van der Waals surface area contributed by atoms with Gasteiger partial charge in [-0.3, -0.25) is 29.0 Å². The van der Waals surface area contributed by atoms with Gasteiger partial charge in [0.1, 0.15) is 29.4 Å². The predicted octanol–water partition coefficient (Wildman–Crippen LogP) is 1.10. The third kappa shape index (κ3) is 6.21. The molecule has 278 valence electrons. The van der Waals surface area contributed by atoms with Crippen LogP contribution in [0.3, 0.4) is 0 Å². The lowest BCUT2D eigenvalue weighted by molar-refractivity contribution is -0.144. The second-order valence-electron chi connectivity index (χ2n) is 16.8. The number of nitrogens with zero attached hydrogens (tertiary/aromatic N) is 3. The van der Waals surface area contributed by atoms with E-state index in [1.165, 1.54) is 31.6 Å². The molecule has 51 heavy (non-hydrogen) atoms. The molecule has 0 aromatic carbocycles. The fraction of sp³-hybridized carbons (Fsp3) is 0.686. The quantitative estimate of drug-likeness (QED) is 0.195. The maximum atomic E-state index is 14.7. The average Bonchev–Trinajstić information content (AvgIpc) is 3.97. The zero-order valence-corrected chi connectivity index (χ0v) is 31.0. The molecule has 2 heterocycles. The lowest BCUT2D eigenvalue weighted by Crippen LogP contribution is -2.61. The van der Waals surface area contributed by atoms with Crippen molar-refractivity contribution in [3.63, 3.8) is 0 Å². The van der Waals surface area contributed by atoms with Crippen LogP contribution in [-0.4, -0.2) is 89.1 Å². The summed E-state index contributed by atoms with van der Waals surface area (Å²) < 4.78 is 29.8. The summed E-state index contributed by atoms with van der Waals surface area (Å²) in [5, 5.41) is 8.30. The summed E-state index contributed by atoms with van der Waals surface area (Å²) in [6.45, 7) is 15.4. The van der Waals surface area contributed by atoms with Crippen molar-refractivity contribution in [3.05, 3.63) is 36.9 Å². The van der Waals surface area contributed by atoms with Gasteiger partial charge in [-0.05, 0) is 61.7 Å². The van der Waals surface area contributed by atoms with E-state index >= 15 is 0 Å². The summed E-state index contributed by atoms with van der Waals surface area (Å²) in [5.41, 5.74) is -2.86. The van der Waals surface area contributed by atoms with Crippen LogP contribution in [0.2, 0.25) is 0 Å². The van der Waals surface area contributed by atoms with Crippen LogP contribution in [0.15, 0.2) is 31.2 Å². The summed E-state index contributed by atoms with van der Waals surface area (Å²) in [6, 6.07) is -3.32. The highest BCUT2D eigenvalue weighted by Crippen LogP contribution is 2.88.